The van der Waals surface area contributed by atoms with Gasteiger partial charge in [0.05, 0.1) is 0 Å². The van der Waals surface area contributed by atoms with E-state index in [1.54, 1.807) is 0 Å². The molecule has 1 aromatic rings. The number of nitrogens with zero attached hydrogens (tertiary/aromatic N) is 2. The van der Waals surface area contributed by atoms with Gasteiger partial charge in [-0.2, -0.15) is 0 Å². The monoisotopic (exact) mass is 280 g/mol. The topological polar surface area (TPSA) is 59.1 Å². The molecule has 2 N–H and O–H groups in total. The Labute approximate surface area is 122 Å². The number of ether oxygens (including phenoxy) is 1. The number of anilines is 2. The summed E-state index contributed by atoms with van der Waals surface area (Å²) < 4.78 is 5.55. The highest BCUT2D eigenvalue weighted by Crippen LogP contribution is 2.19. The van der Waals surface area contributed by atoms with Crippen LogP contribution in [0, 0.1) is 6.92 Å². The van der Waals surface area contributed by atoms with Crippen molar-refractivity contribution >= 4 is 11.6 Å². The zero-order chi connectivity index (χ0) is 14.8. The summed E-state index contributed by atoms with van der Waals surface area (Å²) in [5, 5.41) is 6.50. The Morgan fingerprint density at radius 1 is 1.05 bits per heavy atom. The summed E-state index contributed by atoms with van der Waals surface area (Å²) in [5.74, 6) is 2.69. The van der Waals surface area contributed by atoms with Crippen molar-refractivity contribution < 1.29 is 4.74 Å². The first-order chi connectivity index (χ1) is 9.72. The third-order valence-corrected chi connectivity index (χ3v) is 3.15. The van der Waals surface area contributed by atoms with Crippen molar-refractivity contribution in [2.75, 3.05) is 37.4 Å². The summed E-state index contributed by atoms with van der Waals surface area (Å²) >= 11 is 0. The van der Waals surface area contributed by atoms with Gasteiger partial charge < -0.3 is 15.4 Å². The molecule has 0 fully saturated rings. The van der Waals surface area contributed by atoms with E-state index in [0.29, 0.717) is 0 Å². The van der Waals surface area contributed by atoms with Gasteiger partial charge in [0.1, 0.15) is 17.5 Å². The molecule has 0 aliphatic rings. The molecule has 1 rings (SSSR count). The Morgan fingerprint density at radius 3 is 2.40 bits per heavy atom. The highest BCUT2D eigenvalue weighted by molar-refractivity contribution is 5.56. The van der Waals surface area contributed by atoms with Gasteiger partial charge in [-0.15, -0.1) is 0 Å². The number of hydrogen-bond acceptors (Lipinski definition) is 5. The third kappa shape index (κ3) is 5.33. The van der Waals surface area contributed by atoms with Gasteiger partial charge in [0.15, 0.2) is 0 Å². The van der Waals surface area contributed by atoms with Crippen LogP contribution >= 0.6 is 0 Å². The lowest BCUT2D eigenvalue weighted by Crippen LogP contribution is -2.12. The van der Waals surface area contributed by atoms with E-state index in [1.165, 1.54) is 6.42 Å². The molecular formula is C15H28N4O. The first kappa shape index (κ1) is 16.7. The molecule has 0 unspecified atom stereocenters. The smallest absolute Gasteiger partial charge is 0.134 e. The summed E-state index contributed by atoms with van der Waals surface area (Å²) in [6.45, 7) is 8.81. The normalized spacial score (nSPS) is 10.6. The summed E-state index contributed by atoms with van der Waals surface area (Å²) in [6.07, 6.45) is 4.15. The van der Waals surface area contributed by atoms with Crippen molar-refractivity contribution in [1.82, 2.24) is 9.97 Å². The van der Waals surface area contributed by atoms with Crippen LogP contribution in [-0.4, -0.2) is 36.8 Å². The molecule has 0 saturated heterocycles. The molecule has 20 heavy (non-hydrogen) atoms. The van der Waals surface area contributed by atoms with E-state index >= 15 is 0 Å². The van der Waals surface area contributed by atoms with Crippen molar-refractivity contribution in [1.29, 1.82) is 0 Å². The second-order valence-corrected chi connectivity index (χ2v) is 4.81. The van der Waals surface area contributed by atoms with Crippen molar-refractivity contribution in [2.45, 2.75) is 46.5 Å². The minimum Gasteiger partial charge on any atom is -0.381 e. The first-order valence-corrected chi connectivity index (χ1v) is 7.59. The Balaban J connectivity index is 2.43. The van der Waals surface area contributed by atoms with Crippen molar-refractivity contribution in [2.24, 2.45) is 0 Å². The molecule has 0 bridgehead atoms. The van der Waals surface area contributed by atoms with Crippen LogP contribution in [0.5, 0.6) is 0 Å². The second kappa shape index (κ2) is 9.53. The predicted molar refractivity (Wildman–Crippen MR) is 84.5 cm³/mol. The van der Waals surface area contributed by atoms with Gasteiger partial charge in [-0.25, -0.2) is 9.97 Å². The molecule has 1 heterocycles. The molecule has 0 aliphatic heterocycles. The summed E-state index contributed by atoms with van der Waals surface area (Å²) in [4.78, 5) is 9.00. The van der Waals surface area contributed by atoms with Gasteiger partial charge in [-0.1, -0.05) is 20.3 Å². The zero-order valence-corrected chi connectivity index (χ0v) is 13.3. The van der Waals surface area contributed by atoms with Gasteiger partial charge in [0, 0.05) is 38.8 Å². The minimum absolute atomic E-state index is 0.802. The summed E-state index contributed by atoms with van der Waals surface area (Å²) in [5.41, 5.74) is 1.07. The molecule has 0 radical (unpaired) electrons. The third-order valence-electron chi connectivity index (χ3n) is 3.15. The molecule has 0 saturated carbocycles. The SMILES string of the molecule is CCCCOCCCNc1nc(CC)nc(NC)c1C. The Bertz CT molecular complexity index is 396. The Kier molecular flexibility index (Phi) is 7.95. The predicted octanol–water partition coefficient (Wildman–Crippen LogP) is 3.01. The quantitative estimate of drug-likeness (QED) is 0.645. The fourth-order valence-corrected chi connectivity index (χ4v) is 1.87. The standard InChI is InChI=1S/C15H28N4O/c1-5-7-10-20-11-8-9-17-15-12(3)14(16-4)18-13(6-2)19-15/h5-11H2,1-4H3,(H2,16,17,18,19). The molecule has 0 atom stereocenters. The van der Waals surface area contributed by atoms with Crippen LogP contribution < -0.4 is 10.6 Å². The molecule has 114 valence electrons. The summed E-state index contributed by atoms with van der Waals surface area (Å²) in [7, 11) is 1.89. The minimum atomic E-state index is 0.802. The molecule has 1 aromatic heterocycles. The molecule has 0 aromatic carbocycles. The lowest BCUT2D eigenvalue weighted by molar-refractivity contribution is 0.131. The number of nitrogens with one attached hydrogen (secondary N) is 2. The number of rotatable bonds is 10. The van der Waals surface area contributed by atoms with E-state index in [1.807, 2.05) is 14.0 Å². The van der Waals surface area contributed by atoms with Crippen LogP contribution in [0.25, 0.3) is 0 Å². The summed E-state index contributed by atoms with van der Waals surface area (Å²) in [6, 6.07) is 0. The van der Waals surface area contributed by atoms with Crippen molar-refractivity contribution in [3.8, 4) is 0 Å². The highest BCUT2D eigenvalue weighted by Gasteiger charge is 2.08. The average Bonchev–Trinajstić information content (AvgIpc) is 2.47. The van der Waals surface area contributed by atoms with Gasteiger partial charge >= 0.3 is 0 Å². The van der Waals surface area contributed by atoms with Crippen LogP contribution in [0.1, 0.15) is 44.5 Å². The van der Waals surface area contributed by atoms with E-state index < -0.39 is 0 Å². The highest BCUT2D eigenvalue weighted by atomic mass is 16.5. The van der Waals surface area contributed by atoms with Crippen LogP contribution in [0.3, 0.4) is 0 Å². The van der Waals surface area contributed by atoms with Gasteiger partial charge in [-0.3, -0.25) is 0 Å². The maximum absolute atomic E-state index is 5.55. The van der Waals surface area contributed by atoms with E-state index in [9.17, 15) is 0 Å². The number of aryl methyl sites for hydroxylation is 1. The van der Waals surface area contributed by atoms with Gasteiger partial charge in [0.25, 0.3) is 0 Å². The van der Waals surface area contributed by atoms with E-state index in [2.05, 4.69) is 34.4 Å². The fourth-order valence-electron chi connectivity index (χ4n) is 1.87. The van der Waals surface area contributed by atoms with Crippen LogP contribution in [0.15, 0.2) is 0 Å². The van der Waals surface area contributed by atoms with Crippen molar-refractivity contribution in [3.05, 3.63) is 11.4 Å². The van der Waals surface area contributed by atoms with E-state index in [0.717, 1.165) is 62.0 Å². The molecule has 5 nitrogen and oxygen atoms in total. The largest absolute Gasteiger partial charge is 0.381 e. The van der Waals surface area contributed by atoms with Gasteiger partial charge in [0.2, 0.25) is 0 Å². The van der Waals surface area contributed by atoms with E-state index in [4.69, 9.17) is 4.74 Å². The van der Waals surface area contributed by atoms with Gasteiger partial charge in [-0.05, 0) is 19.8 Å². The number of unbranched alkanes of at least 4 members (excludes halogenated alkanes) is 1. The molecule has 0 amide bonds. The second-order valence-electron chi connectivity index (χ2n) is 4.81. The van der Waals surface area contributed by atoms with E-state index in [-0.39, 0.29) is 0 Å². The van der Waals surface area contributed by atoms with Crippen LogP contribution in [0.4, 0.5) is 11.6 Å². The fraction of sp³-hybridized carbons (Fsp3) is 0.733. The molecule has 5 heteroatoms. The Hall–Kier alpha value is -1.36. The molecule has 0 aliphatic carbocycles. The molecule has 0 spiro atoms. The lowest BCUT2D eigenvalue weighted by Gasteiger charge is -2.13. The molecular weight excluding hydrogens is 252 g/mol. The maximum atomic E-state index is 5.55. The lowest BCUT2D eigenvalue weighted by atomic mass is 10.3. The van der Waals surface area contributed by atoms with Crippen LogP contribution in [0.2, 0.25) is 0 Å². The van der Waals surface area contributed by atoms with Crippen molar-refractivity contribution in [3.63, 3.8) is 0 Å². The zero-order valence-electron chi connectivity index (χ0n) is 13.3. The first-order valence-electron chi connectivity index (χ1n) is 7.59. The Morgan fingerprint density at radius 2 is 1.75 bits per heavy atom. The number of hydrogen-bond donors (Lipinski definition) is 2. The number of aromatic nitrogens is 2. The average molecular weight is 280 g/mol. The van der Waals surface area contributed by atoms with Crippen LogP contribution in [-0.2, 0) is 11.2 Å². The maximum Gasteiger partial charge on any atom is 0.134 e.